The van der Waals surface area contributed by atoms with Gasteiger partial charge in [-0.15, -0.1) is 0 Å². The molecule has 1 saturated heterocycles. The fourth-order valence-electron chi connectivity index (χ4n) is 1.90. The maximum Gasteiger partial charge on any atom is 0.211 e. The van der Waals surface area contributed by atoms with Gasteiger partial charge in [-0.05, 0) is 33.7 Å². The SMILES string of the molecule is CC(C)(C)N1CCCN(S(C)(=O)=O)CC1. The van der Waals surface area contributed by atoms with Crippen LogP contribution >= 0.6 is 0 Å². The van der Waals surface area contributed by atoms with Crippen LogP contribution in [-0.4, -0.2) is 55.6 Å². The van der Waals surface area contributed by atoms with Crippen molar-refractivity contribution >= 4 is 10.0 Å². The van der Waals surface area contributed by atoms with Crippen molar-refractivity contribution in [2.24, 2.45) is 0 Å². The third-order valence-electron chi connectivity index (χ3n) is 2.87. The Morgan fingerprint density at radius 2 is 1.60 bits per heavy atom. The van der Waals surface area contributed by atoms with Crippen LogP contribution in [0.1, 0.15) is 27.2 Å². The summed E-state index contributed by atoms with van der Waals surface area (Å²) in [6.45, 7) is 9.60. The van der Waals surface area contributed by atoms with Crippen molar-refractivity contribution in [2.45, 2.75) is 32.7 Å². The lowest BCUT2D eigenvalue weighted by Crippen LogP contribution is -2.43. The second kappa shape index (κ2) is 4.39. The molecule has 1 rings (SSSR count). The predicted octanol–water partition coefficient (Wildman–Crippen LogP) is 0.752. The van der Waals surface area contributed by atoms with Crippen molar-refractivity contribution in [3.63, 3.8) is 0 Å². The van der Waals surface area contributed by atoms with Gasteiger partial charge in [-0.1, -0.05) is 0 Å². The van der Waals surface area contributed by atoms with Crippen LogP contribution in [-0.2, 0) is 10.0 Å². The van der Waals surface area contributed by atoms with E-state index in [-0.39, 0.29) is 5.54 Å². The molecular weight excluding hydrogens is 212 g/mol. The van der Waals surface area contributed by atoms with E-state index >= 15 is 0 Å². The average molecular weight is 234 g/mol. The molecule has 1 aliphatic heterocycles. The maximum absolute atomic E-state index is 11.4. The average Bonchev–Trinajstić information content (AvgIpc) is 2.24. The molecule has 0 N–H and O–H groups in total. The second-order valence-corrected chi connectivity index (χ2v) is 7.16. The standard InChI is InChI=1S/C10H22N2O2S/c1-10(2,3)11-6-5-7-12(9-8-11)15(4,13)14/h5-9H2,1-4H3. The van der Waals surface area contributed by atoms with Gasteiger partial charge in [0.2, 0.25) is 10.0 Å². The van der Waals surface area contributed by atoms with E-state index in [1.54, 1.807) is 4.31 Å². The summed E-state index contributed by atoms with van der Waals surface area (Å²) in [6.07, 6.45) is 2.21. The fourth-order valence-corrected chi connectivity index (χ4v) is 2.77. The highest BCUT2D eigenvalue weighted by atomic mass is 32.2. The molecule has 15 heavy (non-hydrogen) atoms. The molecule has 0 atom stereocenters. The van der Waals surface area contributed by atoms with Crippen molar-refractivity contribution in [3.8, 4) is 0 Å². The van der Waals surface area contributed by atoms with Crippen LogP contribution in [0.3, 0.4) is 0 Å². The highest BCUT2D eigenvalue weighted by Crippen LogP contribution is 2.16. The fraction of sp³-hybridized carbons (Fsp3) is 1.00. The van der Waals surface area contributed by atoms with Crippen LogP contribution in [0.2, 0.25) is 0 Å². The van der Waals surface area contributed by atoms with Crippen LogP contribution in [0.4, 0.5) is 0 Å². The van der Waals surface area contributed by atoms with Gasteiger partial charge in [-0.3, -0.25) is 4.90 Å². The molecule has 0 aromatic rings. The molecule has 0 saturated carbocycles. The van der Waals surface area contributed by atoms with E-state index in [2.05, 4.69) is 25.7 Å². The lowest BCUT2D eigenvalue weighted by molar-refractivity contribution is 0.145. The lowest BCUT2D eigenvalue weighted by atomic mass is 10.1. The summed E-state index contributed by atoms with van der Waals surface area (Å²) in [4.78, 5) is 2.35. The van der Waals surface area contributed by atoms with Gasteiger partial charge in [-0.2, -0.15) is 0 Å². The van der Waals surface area contributed by atoms with Crippen LogP contribution in [0.25, 0.3) is 0 Å². The first-order valence-electron chi connectivity index (χ1n) is 5.41. The minimum atomic E-state index is -3.01. The minimum absolute atomic E-state index is 0.132. The van der Waals surface area contributed by atoms with Gasteiger partial charge in [0.15, 0.2) is 0 Å². The predicted molar refractivity (Wildman–Crippen MR) is 62.4 cm³/mol. The first kappa shape index (κ1) is 12.9. The number of hydrogen-bond donors (Lipinski definition) is 0. The zero-order valence-electron chi connectivity index (χ0n) is 10.2. The van der Waals surface area contributed by atoms with Crippen LogP contribution in [0, 0.1) is 0 Å². The number of rotatable bonds is 1. The van der Waals surface area contributed by atoms with E-state index in [1.165, 1.54) is 6.26 Å². The van der Waals surface area contributed by atoms with Crippen LogP contribution in [0.15, 0.2) is 0 Å². The molecule has 4 nitrogen and oxygen atoms in total. The normalized spacial score (nSPS) is 22.7. The minimum Gasteiger partial charge on any atom is -0.297 e. The van der Waals surface area contributed by atoms with Gasteiger partial charge >= 0.3 is 0 Å². The smallest absolute Gasteiger partial charge is 0.211 e. The lowest BCUT2D eigenvalue weighted by Gasteiger charge is -2.34. The zero-order chi connectivity index (χ0) is 11.7. The Labute approximate surface area is 93.3 Å². The summed E-state index contributed by atoms with van der Waals surface area (Å²) in [7, 11) is -3.01. The maximum atomic E-state index is 11.4. The summed E-state index contributed by atoms with van der Waals surface area (Å²) in [5.41, 5.74) is 0.132. The molecule has 0 aromatic heterocycles. The Morgan fingerprint density at radius 3 is 2.07 bits per heavy atom. The van der Waals surface area contributed by atoms with Crippen molar-refractivity contribution in [1.29, 1.82) is 0 Å². The quantitative estimate of drug-likeness (QED) is 0.672. The molecule has 0 spiro atoms. The van der Waals surface area contributed by atoms with E-state index in [1.807, 2.05) is 0 Å². The molecule has 5 heteroatoms. The molecule has 1 fully saturated rings. The first-order valence-corrected chi connectivity index (χ1v) is 7.26. The van der Waals surface area contributed by atoms with Crippen molar-refractivity contribution in [3.05, 3.63) is 0 Å². The van der Waals surface area contributed by atoms with Gasteiger partial charge < -0.3 is 0 Å². The van der Waals surface area contributed by atoms with Crippen molar-refractivity contribution in [2.75, 3.05) is 32.4 Å². The Morgan fingerprint density at radius 1 is 1.00 bits per heavy atom. The molecule has 0 aliphatic carbocycles. The Balaban J connectivity index is 2.65. The van der Waals surface area contributed by atoms with Crippen molar-refractivity contribution in [1.82, 2.24) is 9.21 Å². The highest BCUT2D eigenvalue weighted by Gasteiger charge is 2.26. The van der Waals surface area contributed by atoms with E-state index in [0.717, 1.165) is 19.5 Å². The van der Waals surface area contributed by atoms with Gasteiger partial charge in [0.1, 0.15) is 0 Å². The summed E-state index contributed by atoms with van der Waals surface area (Å²) in [5.74, 6) is 0. The summed E-state index contributed by atoms with van der Waals surface area (Å²) < 4.78 is 24.4. The molecule has 0 bridgehead atoms. The summed E-state index contributed by atoms with van der Waals surface area (Å²) >= 11 is 0. The highest BCUT2D eigenvalue weighted by molar-refractivity contribution is 7.88. The Hall–Kier alpha value is -0.130. The van der Waals surface area contributed by atoms with Gasteiger partial charge in [-0.25, -0.2) is 12.7 Å². The van der Waals surface area contributed by atoms with Crippen molar-refractivity contribution < 1.29 is 8.42 Å². The topological polar surface area (TPSA) is 40.6 Å². The Bertz CT molecular complexity index is 306. The number of sulfonamides is 1. The molecule has 0 aromatic carbocycles. The third-order valence-corrected chi connectivity index (χ3v) is 4.18. The first-order chi connectivity index (χ1) is 6.71. The summed E-state index contributed by atoms with van der Waals surface area (Å²) in [6, 6.07) is 0. The van der Waals surface area contributed by atoms with E-state index in [9.17, 15) is 8.42 Å². The van der Waals surface area contributed by atoms with Gasteiger partial charge in [0.25, 0.3) is 0 Å². The van der Waals surface area contributed by atoms with E-state index in [4.69, 9.17) is 0 Å². The molecule has 1 heterocycles. The zero-order valence-corrected chi connectivity index (χ0v) is 11.0. The van der Waals surface area contributed by atoms with Gasteiger partial charge in [0, 0.05) is 25.2 Å². The molecule has 90 valence electrons. The van der Waals surface area contributed by atoms with Crippen LogP contribution in [0.5, 0.6) is 0 Å². The number of nitrogens with zero attached hydrogens (tertiary/aromatic N) is 2. The van der Waals surface area contributed by atoms with E-state index < -0.39 is 10.0 Å². The molecule has 0 unspecified atom stereocenters. The largest absolute Gasteiger partial charge is 0.297 e. The summed E-state index contributed by atoms with van der Waals surface area (Å²) in [5, 5.41) is 0. The van der Waals surface area contributed by atoms with Crippen LogP contribution < -0.4 is 0 Å². The van der Waals surface area contributed by atoms with Gasteiger partial charge in [0.05, 0.1) is 6.26 Å². The molecule has 0 amide bonds. The molecule has 0 radical (unpaired) electrons. The van der Waals surface area contributed by atoms with E-state index in [0.29, 0.717) is 13.1 Å². The Kier molecular flexibility index (Phi) is 3.79. The number of hydrogen-bond acceptors (Lipinski definition) is 3. The molecular formula is C10H22N2O2S. The second-order valence-electron chi connectivity index (χ2n) is 5.17. The third kappa shape index (κ3) is 3.74. The molecule has 1 aliphatic rings. The monoisotopic (exact) mass is 234 g/mol.